The Morgan fingerprint density at radius 3 is 2.94 bits per heavy atom. The second-order valence-corrected chi connectivity index (χ2v) is 4.55. The van der Waals surface area contributed by atoms with Gasteiger partial charge >= 0.3 is 0 Å². The molecule has 1 atom stereocenters. The summed E-state index contributed by atoms with van der Waals surface area (Å²) in [5, 5.41) is 12.7. The zero-order chi connectivity index (χ0) is 12.4. The zero-order valence-electron chi connectivity index (χ0n) is 10.2. The van der Waals surface area contributed by atoms with Gasteiger partial charge in [0.15, 0.2) is 0 Å². The number of aromatic hydroxyl groups is 1. The van der Waals surface area contributed by atoms with Crippen molar-refractivity contribution < 1.29 is 9.90 Å². The lowest BCUT2D eigenvalue weighted by Crippen LogP contribution is -2.52. The number of carbonyl (C=O) groups excluding carboxylic acids is 1. The number of amides is 1. The van der Waals surface area contributed by atoms with E-state index in [0.717, 1.165) is 25.2 Å². The van der Waals surface area contributed by atoms with Crippen molar-refractivity contribution in [1.82, 2.24) is 10.2 Å². The van der Waals surface area contributed by atoms with Crippen molar-refractivity contribution in [1.29, 1.82) is 0 Å². The smallest absolute Gasteiger partial charge is 0.254 e. The van der Waals surface area contributed by atoms with E-state index in [-0.39, 0.29) is 17.7 Å². The minimum atomic E-state index is 0.0436. The normalized spacial score (nSPS) is 20.4. The largest absolute Gasteiger partial charge is 0.508 e. The Labute approximate surface area is 101 Å². The van der Waals surface area contributed by atoms with E-state index >= 15 is 0 Å². The molecule has 1 aliphatic rings. The molecule has 1 saturated heterocycles. The van der Waals surface area contributed by atoms with Crippen molar-refractivity contribution in [3.05, 3.63) is 29.3 Å². The summed E-state index contributed by atoms with van der Waals surface area (Å²) in [6, 6.07) is 5.21. The molecule has 2 N–H and O–H groups in total. The van der Waals surface area contributed by atoms with Crippen LogP contribution in [-0.4, -0.2) is 41.6 Å². The van der Waals surface area contributed by atoms with Crippen LogP contribution in [0.25, 0.3) is 0 Å². The maximum absolute atomic E-state index is 12.3. The molecule has 2 rings (SSSR count). The van der Waals surface area contributed by atoms with Gasteiger partial charge in [-0.2, -0.15) is 0 Å². The second kappa shape index (κ2) is 4.75. The topological polar surface area (TPSA) is 52.6 Å². The average molecular weight is 234 g/mol. The van der Waals surface area contributed by atoms with Crippen LogP contribution in [0.5, 0.6) is 5.75 Å². The van der Waals surface area contributed by atoms with Crippen molar-refractivity contribution >= 4 is 5.91 Å². The van der Waals surface area contributed by atoms with E-state index in [1.807, 2.05) is 11.8 Å². The van der Waals surface area contributed by atoms with Gasteiger partial charge in [0.2, 0.25) is 0 Å². The van der Waals surface area contributed by atoms with Crippen LogP contribution in [0.2, 0.25) is 0 Å². The van der Waals surface area contributed by atoms with Crippen LogP contribution in [0.3, 0.4) is 0 Å². The molecule has 4 nitrogen and oxygen atoms in total. The summed E-state index contributed by atoms with van der Waals surface area (Å²) >= 11 is 0. The van der Waals surface area contributed by atoms with E-state index in [2.05, 4.69) is 5.32 Å². The lowest BCUT2D eigenvalue weighted by Gasteiger charge is -2.34. The van der Waals surface area contributed by atoms with Crippen LogP contribution in [0.4, 0.5) is 0 Å². The lowest BCUT2D eigenvalue weighted by atomic mass is 10.1. The molecule has 0 bridgehead atoms. The number of phenolic OH excluding ortho intramolecular Hbond substituents is 1. The first kappa shape index (κ1) is 11.9. The van der Waals surface area contributed by atoms with E-state index in [4.69, 9.17) is 0 Å². The summed E-state index contributed by atoms with van der Waals surface area (Å²) in [5.74, 6) is 0.275. The van der Waals surface area contributed by atoms with Crippen LogP contribution in [0.15, 0.2) is 18.2 Å². The zero-order valence-corrected chi connectivity index (χ0v) is 10.2. The van der Waals surface area contributed by atoms with Gasteiger partial charge in [-0.3, -0.25) is 4.79 Å². The molecule has 0 saturated carbocycles. The minimum Gasteiger partial charge on any atom is -0.508 e. The Hall–Kier alpha value is -1.55. The number of piperazine rings is 1. The lowest BCUT2D eigenvalue weighted by molar-refractivity contribution is 0.0655. The fraction of sp³-hybridized carbons (Fsp3) is 0.462. The summed E-state index contributed by atoms with van der Waals surface area (Å²) < 4.78 is 0. The highest BCUT2D eigenvalue weighted by molar-refractivity contribution is 5.94. The molecular weight excluding hydrogens is 216 g/mol. The standard InChI is InChI=1S/C13H18N2O2/c1-9-7-11(3-4-12(9)16)13(17)15-6-5-14-8-10(15)2/h3-4,7,10,14,16H,5-6,8H2,1-2H3/t10-/m1/s1. The Morgan fingerprint density at radius 1 is 1.53 bits per heavy atom. The highest BCUT2D eigenvalue weighted by Crippen LogP contribution is 2.19. The number of hydrogen-bond acceptors (Lipinski definition) is 3. The van der Waals surface area contributed by atoms with Gasteiger partial charge in [0.05, 0.1) is 0 Å². The van der Waals surface area contributed by atoms with Crippen LogP contribution < -0.4 is 5.32 Å². The Bertz CT molecular complexity index is 431. The highest BCUT2D eigenvalue weighted by Gasteiger charge is 2.24. The number of rotatable bonds is 1. The van der Waals surface area contributed by atoms with Gasteiger partial charge in [-0.05, 0) is 37.6 Å². The molecule has 1 amide bonds. The first-order chi connectivity index (χ1) is 8.09. The van der Waals surface area contributed by atoms with E-state index in [1.165, 1.54) is 0 Å². The van der Waals surface area contributed by atoms with Gasteiger partial charge in [0.25, 0.3) is 5.91 Å². The average Bonchev–Trinajstić information content (AvgIpc) is 2.32. The molecule has 0 radical (unpaired) electrons. The van der Waals surface area contributed by atoms with E-state index in [9.17, 15) is 9.90 Å². The summed E-state index contributed by atoms with van der Waals surface area (Å²) in [5.41, 5.74) is 1.38. The molecule has 0 spiro atoms. The number of aryl methyl sites for hydroxylation is 1. The number of carbonyl (C=O) groups is 1. The summed E-state index contributed by atoms with van der Waals surface area (Å²) in [4.78, 5) is 14.2. The third-order valence-corrected chi connectivity index (χ3v) is 3.21. The van der Waals surface area contributed by atoms with Crippen molar-refractivity contribution in [2.24, 2.45) is 0 Å². The molecule has 0 aliphatic carbocycles. The number of benzene rings is 1. The van der Waals surface area contributed by atoms with Crippen molar-refractivity contribution in [3.8, 4) is 5.75 Å². The third kappa shape index (κ3) is 2.42. The first-order valence-electron chi connectivity index (χ1n) is 5.91. The molecule has 0 unspecified atom stereocenters. The summed E-state index contributed by atoms with van der Waals surface area (Å²) in [7, 11) is 0. The van der Waals surface area contributed by atoms with Crippen LogP contribution >= 0.6 is 0 Å². The van der Waals surface area contributed by atoms with Gasteiger partial charge in [0.1, 0.15) is 5.75 Å². The quantitative estimate of drug-likeness (QED) is 0.766. The summed E-state index contributed by atoms with van der Waals surface area (Å²) in [6.07, 6.45) is 0. The molecular formula is C13H18N2O2. The molecule has 0 aromatic heterocycles. The van der Waals surface area contributed by atoms with Gasteiger partial charge < -0.3 is 15.3 Å². The molecule has 1 fully saturated rings. The highest BCUT2D eigenvalue weighted by atomic mass is 16.3. The van der Waals surface area contributed by atoms with Gasteiger partial charge in [0, 0.05) is 31.2 Å². The van der Waals surface area contributed by atoms with Gasteiger partial charge in [-0.1, -0.05) is 0 Å². The maximum Gasteiger partial charge on any atom is 0.254 e. The van der Waals surface area contributed by atoms with Crippen molar-refractivity contribution in [3.63, 3.8) is 0 Å². The molecule has 92 valence electrons. The predicted molar refractivity (Wildman–Crippen MR) is 66.2 cm³/mol. The van der Waals surface area contributed by atoms with Crippen LogP contribution in [-0.2, 0) is 0 Å². The van der Waals surface area contributed by atoms with E-state index in [1.54, 1.807) is 25.1 Å². The Balaban J connectivity index is 2.21. The fourth-order valence-corrected chi connectivity index (χ4v) is 2.10. The molecule has 17 heavy (non-hydrogen) atoms. The Kier molecular flexibility index (Phi) is 3.33. The SMILES string of the molecule is Cc1cc(C(=O)N2CCNC[C@H]2C)ccc1O. The maximum atomic E-state index is 12.3. The summed E-state index contributed by atoms with van der Waals surface area (Å²) in [6.45, 7) is 6.25. The molecule has 4 heteroatoms. The number of nitrogens with one attached hydrogen (secondary N) is 1. The van der Waals surface area contributed by atoms with E-state index < -0.39 is 0 Å². The third-order valence-electron chi connectivity index (χ3n) is 3.21. The van der Waals surface area contributed by atoms with E-state index in [0.29, 0.717) is 5.56 Å². The van der Waals surface area contributed by atoms with Crippen molar-refractivity contribution in [2.45, 2.75) is 19.9 Å². The molecule has 1 aromatic rings. The molecule has 1 aromatic carbocycles. The number of phenols is 1. The first-order valence-corrected chi connectivity index (χ1v) is 5.91. The van der Waals surface area contributed by atoms with Crippen LogP contribution in [0.1, 0.15) is 22.8 Å². The second-order valence-electron chi connectivity index (χ2n) is 4.55. The van der Waals surface area contributed by atoms with Crippen LogP contribution in [0, 0.1) is 6.92 Å². The fourth-order valence-electron chi connectivity index (χ4n) is 2.10. The van der Waals surface area contributed by atoms with Crippen molar-refractivity contribution in [2.75, 3.05) is 19.6 Å². The molecule has 1 aliphatic heterocycles. The number of nitrogens with zero attached hydrogens (tertiary/aromatic N) is 1. The predicted octanol–water partition coefficient (Wildman–Crippen LogP) is 1.13. The monoisotopic (exact) mass is 234 g/mol. The minimum absolute atomic E-state index is 0.0436. The molecule has 1 heterocycles. The number of hydrogen-bond donors (Lipinski definition) is 2. The van der Waals surface area contributed by atoms with Gasteiger partial charge in [-0.15, -0.1) is 0 Å². The Morgan fingerprint density at radius 2 is 2.29 bits per heavy atom. The van der Waals surface area contributed by atoms with Gasteiger partial charge in [-0.25, -0.2) is 0 Å².